The SMILES string of the molecule is Cc1cc(C)cc(C(=O)NC(=S)Nc2cc(C)c(O)c(-c3nc4ccccc4o3)c2)c1. The molecule has 0 radical (unpaired) electrons. The van der Waals surface area contributed by atoms with E-state index in [0.717, 1.165) is 11.1 Å². The minimum absolute atomic E-state index is 0.0716. The predicted molar refractivity (Wildman–Crippen MR) is 125 cm³/mol. The topological polar surface area (TPSA) is 87.4 Å². The summed E-state index contributed by atoms with van der Waals surface area (Å²) in [5, 5.41) is 16.4. The Bertz CT molecular complexity index is 1270. The number of fused-ring (bicyclic) bond motifs is 1. The maximum Gasteiger partial charge on any atom is 0.257 e. The molecule has 156 valence electrons. The highest BCUT2D eigenvalue weighted by Crippen LogP contribution is 2.36. The van der Waals surface area contributed by atoms with E-state index >= 15 is 0 Å². The summed E-state index contributed by atoms with van der Waals surface area (Å²) in [5.41, 5.74) is 5.51. The number of amides is 1. The normalized spacial score (nSPS) is 10.8. The highest BCUT2D eigenvalue weighted by molar-refractivity contribution is 7.80. The first kappa shape index (κ1) is 20.6. The second-order valence-corrected chi connectivity index (χ2v) is 7.87. The molecule has 4 rings (SSSR count). The highest BCUT2D eigenvalue weighted by atomic mass is 32.1. The van der Waals surface area contributed by atoms with E-state index in [2.05, 4.69) is 15.6 Å². The predicted octanol–water partition coefficient (Wildman–Crippen LogP) is 5.25. The molecule has 0 unspecified atom stereocenters. The van der Waals surface area contributed by atoms with Crippen molar-refractivity contribution in [1.82, 2.24) is 10.3 Å². The van der Waals surface area contributed by atoms with E-state index in [1.54, 1.807) is 31.2 Å². The van der Waals surface area contributed by atoms with Gasteiger partial charge in [0, 0.05) is 11.3 Å². The van der Waals surface area contributed by atoms with Crippen molar-refractivity contribution in [3.8, 4) is 17.2 Å². The molecule has 0 spiro atoms. The summed E-state index contributed by atoms with van der Waals surface area (Å²) in [6, 6.07) is 16.4. The van der Waals surface area contributed by atoms with Crippen LogP contribution in [0.15, 0.2) is 59.0 Å². The van der Waals surface area contributed by atoms with Gasteiger partial charge in [-0.05, 0) is 75.0 Å². The molecule has 1 aromatic heterocycles. The first-order valence-electron chi connectivity index (χ1n) is 9.70. The molecular formula is C24H21N3O3S. The van der Waals surface area contributed by atoms with Crippen molar-refractivity contribution in [3.05, 3.63) is 76.9 Å². The summed E-state index contributed by atoms with van der Waals surface area (Å²) >= 11 is 5.32. The van der Waals surface area contributed by atoms with Crippen LogP contribution in [0.3, 0.4) is 0 Å². The minimum Gasteiger partial charge on any atom is -0.507 e. The van der Waals surface area contributed by atoms with Crippen molar-refractivity contribution in [2.45, 2.75) is 20.8 Å². The van der Waals surface area contributed by atoms with Crippen LogP contribution in [0.4, 0.5) is 5.69 Å². The molecular weight excluding hydrogens is 410 g/mol. The summed E-state index contributed by atoms with van der Waals surface area (Å²) in [7, 11) is 0. The number of para-hydroxylation sites is 2. The molecule has 31 heavy (non-hydrogen) atoms. The number of oxazole rings is 1. The standard InChI is InChI=1S/C24H21N3O3S/c1-13-8-14(2)10-16(9-13)22(29)27-24(31)25-17-11-15(3)21(28)18(12-17)23-26-19-6-4-5-7-20(19)30-23/h4-12,28H,1-3H3,(H2,25,27,29,31). The Morgan fingerprint density at radius 1 is 1.03 bits per heavy atom. The van der Waals surface area contributed by atoms with Gasteiger partial charge in [-0.15, -0.1) is 0 Å². The zero-order valence-electron chi connectivity index (χ0n) is 17.3. The summed E-state index contributed by atoms with van der Waals surface area (Å²) in [4.78, 5) is 17.0. The number of hydrogen-bond acceptors (Lipinski definition) is 5. The van der Waals surface area contributed by atoms with Gasteiger partial charge in [-0.3, -0.25) is 10.1 Å². The van der Waals surface area contributed by atoms with E-state index in [-0.39, 0.29) is 16.8 Å². The van der Waals surface area contributed by atoms with Crippen molar-refractivity contribution in [1.29, 1.82) is 0 Å². The largest absolute Gasteiger partial charge is 0.507 e. The number of nitrogens with zero attached hydrogens (tertiary/aromatic N) is 1. The molecule has 0 saturated heterocycles. The van der Waals surface area contributed by atoms with E-state index in [1.165, 1.54) is 0 Å². The molecule has 0 fully saturated rings. The highest BCUT2D eigenvalue weighted by Gasteiger charge is 2.16. The fourth-order valence-electron chi connectivity index (χ4n) is 3.45. The van der Waals surface area contributed by atoms with Gasteiger partial charge in [0.05, 0.1) is 5.56 Å². The third kappa shape index (κ3) is 4.41. The molecule has 3 aromatic carbocycles. The second kappa shape index (κ2) is 8.20. The number of carbonyl (C=O) groups excluding carboxylic acids is 1. The number of aromatic hydroxyl groups is 1. The van der Waals surface area contributed by atoms with Crippen LogP contribution in [-0.2, 0) is 0 Å². The van der Waals surface area contributed by atoms with Crippen molar-refractivity contribution in [2.75, 3.05) is 5.32 Å². The number of thiocarbonyl (C=S) groups is 1. The second-order valence-electron chi connectivity index (χ2n) is 7.46. The number of nitrogens with one attached hydrogen (secondary N) is 2. The van der Waals surface area contributed by atoms with Gasteiger partial charge >= 0.3 is 0 Å². The first-order valence-corrected chi connectivity index (χ1v) is 10.1. The fraction of sp³-hybridized carbons (Fsp3) is 0.125. The number of aryl methyl sites for hydroxylation is 3. The number of aromatic nitrogens is 1. The number of phenols is 1. The summed E-state index contributed by atoms with van der Waals surface area (Å²) < 4.78 is 5.79. The lowest BCUT2D eigenvalue weighted by atomic mass is 10.1. The van der Waals surface area contributed by atoms with Crippen molar-refractivity contribution < 1.29 is 14.3 Å². The smallest absolute Gasteiger partial charge is 0.257 e. The van der Waals surface area contributed by atoms with E-state index in [9.17, 15) is 9.90 Å². The van der Waals surface area contributed by atoms with Crippen LogP contribution in [0.25, 0.3) is 22.6 Å². The Labute approximate surface area is 184 Å². The minimum atomic E-state index is -0.293. The van der Waals surface area contributed by atoms with Crippen LogP contribution in [-0.4, -0.2) is 21.1 Å². The molecule has 0 aliphatic heterocycles. The summed E-state index contributed by atoms with van der Waals surface area (Å²) in [5.74, 6) is 0.0805. The van der Waals surface area contributed by atoms with Gasteiger partial charge in [0.1, 0.15) is 11.3 Å². The zero-order chi connectivity index (χ0) is 22.1. The van der Waals surface area contributed by atoms with E-state index < -0.39 is 0 Å². The summed E-state index contributed by atoms with van der Waals surface area (Å²) in [6.07, 6.45) is 0. The van der Waals surface area contributed by atoms with Crippen molar-refractivity contribution in [2.24, 2.45) is 0 Å². The van der Waals surface area contributed by atoms with Crippen LogP contribution in [0.5, 0.6) is 5.75 Å². The quantitative estimate of drug-likeness (QED) is 0.303. The molecule has 3 N–H and O–H groups in total. The van der Waals surface area contributed by atoms with E-state index in [4.69, 9.17) is 16.6 Å². The lowest BCUT2D eigenvalue weighted by Crippen LogP contribution is -2.34. The number of hydrogen-bond donors (Lipinski definition) is 3. The molecule has 1 heterocycles. The van der Waals surface area contributed by atoms with E-state index in [1.807, 2.05) is 44.2 Å². The van der Waals surface area contributed by atoms with Crippen molar-refractivity contribution >= 4 is 40.0 Å². The Balaban J connectivity index is 1.57. The van der Waals surface area contributed by atoms with Crippen LogP contribution < -0.4 is 10.6 Å². The van der Waals surface area contributed by atoms with Gasteiger partial charge < -0.3 is 14.8 Å². The number of benzene rings is 3. The molecule has 6 nitrogen and oxygen atoms in total. The van der Waals surface area contributed by atoms with Gasteiger partial charge in [0.25, 0.3) is 5.91 Å². The Morgan fingerprint density at radius 3 is 2.45 bits per heavy atom. The lowest BCUT2D eigenvalue weighted by molar-refractivity contribution is 0.0977. The number of anilines is 1. The van der Waals surface area contributed by atoms with Crippen LogP contribution in [0.1, 0.15) is 27.0 Å². The van der Waals surface area contributed by atoms with Gasteiger partial charge in [0.2, 0.25) is 5.89 Å². The maximum atomic E-state index is 12.6. The average Bonchev–Trinajstić information content (AvgIpc) is 3.13. The maximum absolute atomic E-state index is 12.6. The molecule has 0 aliphatic rings. The zero-order valence-corrected chi connectivity index (χ0v) is 18.1. The van der Waals surface area contributed by atoms with E-state index in [0.29, 0.717) is 39.4 Å². The third-order valence-corrected chi connectivity index (χ3v) is 5.00. The number of carbonyl (C=O) groups is 1. The van der Waals surface area contributed by atoms with Crippen LogP contribution in [0, 0.1) is 20.8 Å². The van der Waals surface area contributed by atoms with Crippen LogP contribution >= 0.6 is 12.2 Å². The molecule has 4 aromatic rings. The van der Waals surface area contributed by atoms with Gasteiger partial charge in [-0.2, -0.15) is 0 Å². The van der Waals surface area contributed by atoms with Gasteiger partial charge in [-0.1, -0.05) is 29.3 Å². The monoisotopic (exact) mass is 431 g/mol. The first-order chi connectivity index (χ1) is 14.8. The average molecular weight is 432 g/mol. The molecule has 0 atom stereocenters. The fourth-order valence-corrected chi connectivity index (χ4v) is 3.66. The number of phenolic OH excluding ortho intramolecular Hbond substituents is 1. The molecule has 0 bridgehead atoms. The van der Waals surface area contributed by atoms with Gasteiger partial charge in [-0.25, -0.2) is 4.98 Å². The van der Waals surface area contributed by atoms with Gasteiger partial charge in [0.15, 0.2) is 10.7 Å². The third-order valence-electron chi connectivity index (χ3n) is 4.79. The number of rotatable bonds is 3. The Kier molecular flexibility index (Phi) is 5.44. The molecule has 0 saturated carbocycles. The molecule has 7 heteroatoms. The van der Waals surface area contributed by atoms with Crippen LogP contribution in [0.2, 0.25) is 0 Å². The molecule has 1 amide bonds. The Morgan fingerprint density at radius 2 is 1.74 bits per heavy atom. The Hall–Kier alpha value is -3.71. The van der Waals surface area contributed by atoms with Crippen molar-refractivity contribution in [3.63, 3.8) is 0 Å². The summed E-state index contributed by atoms with van der Waals surface area (Å²) in [6.45, 7) is 5.64. The lowest BCUT2D eigenvalue weighted by Gasteiger charge is -2.13. The molecule has 0 aliphatic carbocycles.